The third-order valence-electron chi connectivity index (χ3n) is 11.6. The van der Waals surface area contributed by atoms with Gasteiger partial charge in [-0.15, -0.1) is 0 Å². The normalized spacial score (nSPS) is 20.6. The Balaban J connectivity index is 0.00000127. The van der Waals surface area contributed by atoms with Crippen molar-refractivity contribution in [2.75, 3.05) is 6.54 Å². The van der Waals surface area contributed by atoms with E-state index in [4.69, 9.17) is 0 Å². The minimum Gasteiger partial charge on any atom is -0.369 e. The van der Waals surface area contributed by atoms with Gasteiger partial charge in [-0.05, 0) is 104 Å². The number of amides is 1. The second-order valence-electron chi connectivity index (χ2n) is 19.4. The lowest BCUT2D eigenvalue weighted by Crippen LogP contribution is -2.55. The summed E-state index contributed by atoms with van der Waals surface area (Å²) < 4.78 is 0. The molecule has 1 amide bonds. The van der Waals surface area contributed by atoms with E-state index in [0.717, 1.165) is 49.5 Å². The molecule has 5 rings (SSSR count). The zero-order valence-electron chi connectivity index (χ0n) is 40.6. The van der Waals surface area contributed by atoms with Crippen LogP contribution < -0.4 is 10.6 Å². The molecule has 5 atom stereocenters. The molecule has 0 spiro atoms. The van der Waals surface area contributed by atoms with E-state index in [2.05, 4.69) is 143 Å². The molecule has 332 valence electrons. The van der Waals surface area contributed by atoms with Crippen LogP contribution in [-0.2, 0) is 27.2 Å². The van der Waals surface area contributed by atoms with Crippen molar-refractivity contribution in [3.8, 4) is 0 Å². The molecule has 3 aliphatic carbocycles. The van der Waals surface area contributed by atoms with E-state index in [1.165, 1.54) is 49.7 Å². The zero-order chi connectivity index (χ0) is 45.0. The predicted molar refractivity (Wildman–Crippen MR) is 252 cm³/mol. The molecule has 58 heavy (non-hydrogen) atoms. The molecule has 4 aliphatic rings. The molecule has 1 aromatic rings. The SMILES string of the molecule is C=C(C)C=O.C=C(NC(C(=O)N1C[C@H]2[C@@H](C1C(=C)C)C2(C)C)C1Cc2ccccc2C1)NC(CCC(C)=O)C(C)(C)C.CC.CC(C)CC1CCC1.CCC.CCC. The zero-order valence-corrected chi connectivity index (χ0v) is 40.6. The number of likely N-dealkylation sites (tertiary alicyclic amines) is 1. The summed E-state index contributed by atoms with van der Waals surface area (Å²) in [5.74, 6) is 4.24. The number of allylic oxidation sites excluding steroid dienone is 1. The minimum absolute atomic E-state index is 0.0595. The van der Waals surface area contributed by atoms with Crippen molar-refractivity contribution in [1.82, 2.24) is 15.5 Å². The summed E-state index contributed by atoms with van der Waals surface area (Å²) in [4.78, 5) is 37.5. The molecular formula is C52H91N3O3. The van der Waals surface area contributed by atoms with Crippen LogP contribution in [0.25, 0.3) is 0 Å². The van der Waals surface area contributed by atoms with Gasteiger partial charge in [-0.1, -0.05) is 172 Å². The molecule has 1 aliphatic heterocycles. The summed E-state index contributed by atoms with van der Waals surface area (Å²) in [6.45, 7) is 46.4. The van der Waals surface area contributed by atoms with Gasteiger partial charge < -0.3 is 20.3 Å². The van der Waals surface area contributed by atoms with E-state index < -0.39 is 0 Å². The Hall–Kier alpha value is -3.15. The quantitative estimate of drug-likeness (QED) is 0.118. The number of hydrogen-bond acceptors (Lipinski definition) is 5. The average molecular weight is 806 g/mol. The number of Topliss-reactive ketones (excluding diaryl/α,β-unsaturated/α-hetero) is 1. The monoisotopic (exact) mass is 806 g/mol. The number of ketones is 1. The highest BCUT2D eigenvalue weighted by Gasteiger charge is 2.68. The third-order valence-corrected chi connectivity index (χ3v) is 11.6. The number of carbonyl (C=O) groups excluding carboxylic acids is 3. The number of fused-ring (bicyclic) bond motifs is 2. The largest absolute Gasteiger partial charge is 0.369 e. The van der Waals surface area contributed by atoms with E-state index in [-0.39, 0.29) is 46.6 Å². The van der Waals surface area contributed by atoms with Gasteiger partial charge >= 0.3 is 0 Å². The molecule has 3 unspecified atom stereocenters. The van der Waals surface area contributed by atoms with Gasteiger partial charge in [0.05, 0.1) is 11.9 Å². The van der Waals surface area contributed by atoms with Crippen LogP contribution in [-0.4, -0.2) is 47.5 Å². The number of nitrogens with one attached hydrogen (secondary N) is 2. The lowest BCUT2D eigenvalue weighted by Gasteiger charge is -2.38. The Labute approximate surface area is 358 Å². The first-order valence-electron chi connectivity index (χ1n) is 22.9. The van der Waals surface area contributed by atoms with Crippen molar-refractivity contribution in [2.24, 2.45) is 40.4 Å². The first-order chi connectivity index (χ1) is 27.1. The Kier molecular flexibility index (Phi) is 25.4. The fourth-order valence-corrected chi connectivity index (χ4v) is 8.37. The van der Waals surface area contributed by atoms with E-state index >= 15 is 0 Å². The highest BCUT2D eigenvalue weighted by Crippen LogP contribution is 2.66. The Morgan fingerprint density at radius 1 is 0.914 bits per heavy atom. The molecule has 1 saturated heterocycles. The van der Waals surface area contributed by atoms with Crippen molar-refractivity contribution in [3.63, 3.8) is 0 Å². The summed E-state index contributed by atoms with van der Waals surface area (Å²) in [7, 11) is 0. The summed E-state index contributed by atoms with van der Waals surface area (Å²) in [5.41, 5.74) is 4.53. The van der Waals surface area contributed by atoms with Crippen LogP contribution in [0.1, 0.15) is 173 Å². The summed E-state index contributed by atoms with van der Waals surface area (Å²) >= 11 is 0. The van der Waals surface area contributed by atoms with Gasteiger partial charge in [0.25, 0.3) is 0 Å². The second kappa shape index (κ2) is 26.8. The first kappa shape index (κ1) is 54.9. The van der Waals surface area contributed by atoms with Crippen LogP contribution in [0.4, 0.5) is 0 Å². The topological polar surface area (TPSA) is 78.5 Å². The fourth-order valence-electron chi connectivity index (χ4n) is 8.37. The van der Waals surface area contributed by atoms with Gasteiger partial charge in [0.15, 0.2) is 0 Å². The van der Waals surface area contributed by atoms with Crippen LogP contribution >= 0.6 is 0 Å². The van der Waals surface area contributed by atoms with Crippen molar-refractivity contribution < 1.29 is 14.4 Å². The van der Waals surface area contributed by atoms with Crippen molar-refractivity contribution >= 4 is 18.0 Å². The molecule has 2 N–H and O–H groups in total. The van der Waals surface area contributed by atoms with Crippen molar-refractivity contribution in [2.45, 2.75) is 193 Å². The smallest absolute Gasteiger partial charge is 0.245 e. The maximum atomic E-state index is 14.3. The van der Waals surface area contributed by atoms with Gasteiger partial charge in [0.1, 0.15) is 18.1 Å². The van der Waals surface area contributed by atoms with Gasteiger partial charge in [0.2, 0.25) is 5.91 Å². The number of piperidine rings is 1. The molecule has 2 saturated carbocycles. The molecule has 0 aromatic heterocycles. The summed E-state index contributed by atoms with van der Waals surface area (Å²) in [5, 5.41) is 7.11. The standard InChI is InChI=1S/C32H47N3O2.C8H16.C4H6O.2C3H8.C2H6/c1-19(2)29-27-25(32(27,8)9)18-35(29)30(37)28(24-16-22-12-10-11-13-23(22)17-24)34-21(4)33-26(31(5,6)7)15-14-20(3)36;1-7(2)6-8-4-3-5-8;1-4(2)3-5;2*1-3-2;1-2/h10-13,24-29,33-34H,1,4,14-18H2,2-3,5-9H3;7-8H,3-6H2,1-2H3;3H,1H2,2H3;2*3H2,1-2H3;1-2H3/t25-,26?,27-,28?,29?;;;;;/m0...../s1. The second-order valence-corrected chi connectivity index (χ2v) is 19.4. The van der Waals surface area contributed by atoms with Gasteiger partial charge in [-0.25, -0.2) is 0 Å². The van der Waals surface area contributed by atoms with Crippen LogP contribution in [0.5, 0.6) is 0 Å². The van der Waals surface area contributed by atoms with E-state index in [1.807, 2.05) is 13.8 Å². The molecule has 6 heteroatoms. The van der Waals surface area contributed by atoms with Crippen LogP contribution in [0.2, 0.25) is 0 Å². The maximum Gasteiger partial charge on any atom is 0.245 e. The molecule has 6 nitrogen and oxygen atoms in total. The maximum absolute atomic E-state index is 14.3. The van der Waals surface area contributed by atoms with E-state index in [1.54, 1.807) is 13.8 Å². The van der Waals surface area contributed by atoms with Crippen molar-refractivity contribution in [3.05, 3.63) is 72.1 Å². The molecule has 3 fully saturated rings. The molecular weight excluding hydrogens is 715 g/mol. The number of rotatable bonds is 13. The Morgan fingerprint density at radius 3 is 1.74 bits per heavy atom. The number of benzene rings is 1. The summed E-state index contributed by atoms with van der Waals surface area (Å²) in [6.07, 6.45) is 12.2. The van der Waals surface area contributed by atoms with Crippen molar-refractivity contribution in [1.29, 1.82) is 0 Å². The number of carbonyl (C=O) groups is 3. The van der Waals surface area contributed by atoms with E-state index in [0.29, 0.717) is 29.7 Å². The number of hydrogen-bond donors (Lipinski definition) is 2. The molecule has 0 radical (unpaired) electrons. The van der Waals surface area contributed by atoms with Gasteiger partial charge in [0, 0.05) is 19.0 Å². The van der Waals surface area contributed by atoms with E-state index in [9.17, 15) is 14.4 Å². The first-order valence-corrected chi connectivity index (χ1v) is 22.9. The van der Waals surface area contributed by atoms with Crippen LogP contribution in [0.15, 0.2) is 61.0 Å². The highest BCUT2D eigenvalue weighted by atomic mass is 16.2. The number of nitrogens with zero attached hydrogens (tertiary/aromatic N) is 1. The van der Waals surface area contributed by atoms with Gasteiger partial charge in [-0.2, -0.15) is 0 Å². The number of aldehydes is 1. The minimum atomic E-state index is -0.372. The molecule has 1 aromatic carbocycles. The van der Waals surface area contributed by atoms with Crippen LogP contribution in [0.3, 0.4) is 0 Å². The average Bonchev–Trinajstić information content (AvgIpc) is 3.48. The molecule has 0 bridgehead atoms. The molecule has 1 heterocycles. The lowest BCUT2D eigenvalue weighted by molar-refractivity contribution is -0.136. The predicted octanol–water partition coefficient (Wildman–Crippen LogP) is 12.7. The lowest BCUT2D eigenvalue weighted by atomic mass is 9.80. The highest BCUT2D eigenvalue weighted by molar-refractivity contribution is 5.84. The fraction of sp³-hybridized carbons (Fsp3) is 0.712. The Morgan fingerprint density at radius 2 is 1.40 bits per heavy atom. The van der Waals surface area contributed by atoms with Gasteiger partial charge in [-0.3, -0.25) is 9.59 Å². The Bertz CT molecular complexity index is 1390. The van der Waals surface area contributed by atoms with Crippen LogP contribution in [0, 0.1) is 40.4 Å². The third kappa shape index (κ3) is 18.0. The summed E-state index contributed by atoms with van der Waals surface area (Å²) in [6, 6.07) is 8.33.